The van der Waals surface area contributed by atoms with Gasteiger partial charge in [-0.25, -0.2) is 4.79 Å². The van der Waals surface area contributed by atoms with Crippen molar-refractivity contribution < 1.29 is 19.2 Å². The molecule has 1 aromatic heterocycles. The third-order valence-electron chi connectivity index (χ3n) is 2.28. The minimum atomic E-state index is -0.615. The van der Waals surface area contributed by atoms with Crippen molar-refractivity contribution in [3.05, 3.63) is 30.3 Å². The van der Waals surface area contributed by atoms with E-state index < -0.39 is 11.7 Å². The number of phenolic OH excluding ortho intramolecular Hbond substituents is 1. The molecular weight excluding hydrogens is 260 g/mol. The Labute approximate surface area is 116 Å². The van der Waals surface area contributed by atoms with Crippen LogP contribution in [0.3, 0.4) is 0 Å². The lowest BCUT2D eigenvalue weighted by Gasteiger charge is -2.18. The molecule has 1 aromatic carbocycles. The molecule has 0 unspecified atom stereocenters. The van der Waals surface area contributed by atoms with Crippen molar-refractivity contribution in [2.75, 3.05) is 5.32 Å². The van der Waals surface area contributed by atoms with Gasteiger partial charge in [0.25, 0.3) is 0 Å². The van der Waals surface area contributed by atoms with Crippen LogP contribution in [0.25, 0.3) is 11.3 Å². The van der Waals surface area contributed by atoms with Crippen LogP contribution in [0.15, 0.2) is 34.9 Å². The van der Waals surface area contributed by atoms with Crippen LogP contribution in [0.5, 0.6) is 5.75 Å². The van der Waals surface area contributed by atoms with Crippen molar-refractivity contribution in [2.45, 2.75) is 26.4 Å². The average Bonchev–Trinajstić information content (AvgIpc) is 2.74. The van der Waals surface area contributed by atoms with E-state index in [4.69, 9.17) is 9.26 Å². The Hall–Kier alpha value is -2.50. The molecule has 6 heteroatoms. The number of amides is 1. The van der Waals surface area contributed by atoms with E-state index in [0.29, 0.717) is 11.3 Å². The predicted molar refractivity (Wildman–Crippen MR) is 73.5 cm³/mol. The second kappa shape index (κ2) is 5.24. The zero-order valence-corrected chi connectivity index (χ0v) is 11.5. The maximum atomic E-state index is 11.6. The van der Waals surface area contributed by atoms with Crippen LogP contribution >= 0.6 is 0 Å². The van der Waals surface area contributed by atoms with Gasteiger partial charge in [0.2, 0.25) is 5.88 Å². The maximum absolute atomic E-state index is 11.6. The van der Waals surface area contributed by atoms with Crippen molar-refractivity contribution in [3.8, 4) is 17.0 Å². The number of nitrogens with one attached hydrogen (secondary N) is 1. The smallest absolute Gasteiger partial charge is 0.414 e. The second-order valence-corrected chi connectivity index (χ2v) is 5.25. The summed E-state index contributed by atoms with van der Waals surface area (Å²) in [6, 6.07) is 8.13. The van der Waals surface area contributed by atoms with E-state index in [-0.39, 0.29) is 11.6 Å². The summed E-state index contributed by atoms with van der Waals surface area (Å²) in [7, 11) is 0. The molecule has 2 aromatic rings. The first-order chi connectivity index (χ1) is 9.33. The minimum absolute atomic E-state index is 0.132. The van der Waals surface area contributed by atoms with E-state index in [0.717, 1.165) is 0 Å². The molecular formula is C14H16N2O4. The number of nitrogens with zero attached hydrogens (tertiary/aromatic N) is 1. The van der Waals surface area contributed by atoms with Gasteiger partial charge in [0.1, 0.15) is 17.0 Å². The van der Waals surface area contributed by atoms with Crippen LogP contribution in [0.2, 0.25) is 0 Å². The number of ether oxygens (including phenoxy) is 1. The molecule has 0 bridgehead atoms. The highest BCUT2D eigenvalue weighted by Gasteiger charge is 2.18. The minimum Gasteiger partial charge on any atom is -0.508 e. The lowest BCUT2D eigenvalue weighted by Crippen LogP contribution is -2.27. The fraction of sp³-hybridized carbons (Fsp3) is 0.286. The Morgan fingerprint density at radius 2 is 2.10 bits per heavy atom. The Bertz CT molecular complexity index is 614. The van der Waals surface area contributed by atoms with Gasteiger partial charge >= 0.3 is 6.09 Å². The summed E-state index contributed by atoms with van der Waals surface area (Å²) in [5.74, 6) is 0.310. The normalized spacial score (nSPS) is 11.2. The first-order valence-electron chi connectivity index (χ1n) is 6.10. The van der Waals surface area contributed by atoms with Crippen LogP contribution in [-0.4, -0.2) is 22.0 Å². The van der Waals surface area contributed by atoms with Gasteiger partial charge in [-0.3, -0.25) is 5.32 Å². The van der Waals surface area contributed by atoms with Crippen molar-refractivity contribution in [1.29, 1.82) is 0 Å². The number of phenols is 1. The van der Waals surface area contributed by atoms with Gasteiger partial charge in [0.05, 0.1) is 0 Å². The fourth-order valence-electron chi connectivity index (χ4n) is 1.54. The molecule has 0 aliphatic rings. The lowest BCUT2D eigenvalue weighted by molar-refractivity contribution is 0.0631. The standard InChI is InChI=1S/C14H16N2O4/c1-14(2,3)19-13(18)15-12-8-11(16-20-12)9-5-4-6-10(17)7-9/h4-8,17H,1-3H3,(H,15,18). The quantitative estimate of drug-likeness (QED) is 0.878. The number of carbonyl (C=O) groups is 1. The van der Waals surface area contributed by atoms with Crippen LogP contribution in [0.4, 0.5) is 10.7 Å². The predicted octanol–water partition coefficient (Wildman–Crippen LogP) is 3.39. The Balaban J connectivity index is 2.08. The Morgan fingerprint density at radius 3 is 2.75 bits per heavy atom. The van der Waals surface area contributed by atoms with Gasteiger partial charge < -0.3 is 14.4 Å². The monoisotopic (exact) mass is 276 g/mol. The van der Waals surface area contributed by atoms with E-state index in [1.54, 1.807) is 51.1 Å². The van der Waals surface area contributed by atoms with Gasteiger partial charge in [-0.05, 0) is 32.9 Å². The summed E-state index contributed by atoms with van der Waals surface area (Å²) in [4.78, 5) is 11.6. The lowest BCUT2D eigenvalue weighted by atomic mass is 10.1. The van der Waals surface area contributed by atoms with E-state index >= 15 is 0 Å². The summed E-state index contributed by atoms with van der Waals surface area (Å²) in [5, 5.41) is 15.7. The Kier molecular flexibility index (Phi) is 3.65. The molecule has 0 aliphatic heterocycles. The highest BCUT2D eigenvalue weighted by atomic mass is 16.6. The zero-order valence-electron chi connectivity index (χ0n) is 11.5. The molecule has 0 radical (unpaired) electrons. The third kappa shape index (κ3) is 3.74. The van der Waals surface area contributed by atoms with Gasteiger partial charge in [0, 0.05) is 11.6 Å². The van der Waals surface area contributed by atoms with E-state index in [9.17, 15) is 9.90 Å². The molecule has 0 atom stereocenters. The fourth-order valence-corrected chi connectivity index (χ4v) is 1.54. The number of benzene rings is 1. The van der Waals surface area contributed by atoms with Crippen molar-refractivity contribution in [1.82, 2.24) is 5.16 Å². The molecule has 0 saturated heterocycles. The van der Waals surface area contributed by atoms with Gasteiger partial charge in [-0.1, -0.05) is 17.3 Å². The molecule has 0 spiro atoms. The van der Waals surface area contributed by atoms with Gasteiger partial charge in [-0.2, -0.15) is 0 Å². The number of rotatable bonds is 2. The Morgan fingerprint density at radius 1 is 1.35 bits per heavy atom. The molecule has 0 saturated carbocycles. The highest BCUT2D eigenvalue weighted by Crippen LogP contribution is 2.24. The van der Waals surface area contributed by atoms with Crippen LogP contribution in [-0.2, 0) is 4.74 Å². The molecule has 6 nitrogen and oxygen atoms in total. The van der Waals surface area contributed by atoms with E-state index in [2.05, 4.69) is 10.5 Å². The molecule has 20 heavy (non-hydrogen) atoms. The largest absolute Gasteiger partial charge is 0.508 e. The van der Waals surface area contributed by atoms with E-state index in [1.165, 1.54) is 0 Å². The summed E-state index contributed by atoms with van der Waals surface area (Å²) in [6.45, 7) is 5.31. The first kappa shape index (κ1) is 13.9. The molecule has 1 heterocycles. The molecule has 106 valence electrons. The number of aromatic hydroxyl groups is 1. The summed E-state index contributed by atoms with van der Waals surface area (Å²) in [5.41, 5.74) is 0.607. The first-order valence-corrected chi connectivity index (χ1v) is 6.10. The van der Waals surface area contributed by atoms with Crippen molar-refractivity contribution in [2.24, 2.45) is 0 Å². The van der Waals surface area contributed by atoms with Gasteiger partial charge in [-0.15, -0.1) is 0 Å². The number of hydrogen-bond acceptors (Lipinski definition) is 5. The van der Waals surface area contributed by atoms with Crippen LogP contribution in [0, 0.1) is 0 Å². The molecule has 1 amide bonds. The van der Waals surface area contributed by atoms with E-state index in [1.807, 2.05) is 0 Å². The number of aromatic nitrogens is 1. The number of hydrogen-bond donors (Lipinski definition) is 2. The van der Waals surface area contributed by atoms with Crippen LogP contribution in [0.1, 0.15) is 20.8 Å². The third-order valence-corrected chi connectivity index (χ3v) is 2.28. The van der Waals surface area contributed by atoms with Gasteiger partial charge in [0.15, 0.2) is 0 Å². The number of carbonyl (C=O) groups excluding carboxylic acids is 1. The number of anilines is 1. The van der Waals surface area contributed by atoms with Crippen molar-refractivity contribution >= 4 is 12.0 Å². The molecule has 2 rings (SSSR count). The zero-order chi connectivity index (χ0) is 14.8. The molecule has 2 N–H and O–H groups in total. The summed E-state index contributed by atoms with van der Waals surface area (Å²) >= 11 is 0. The SMILES string of the molecule is CC(C)(C)OC(=O)Nc1cc(-c2cccc(O)c2)no1. The summed E-state index contributed by atoms with van der Waals surface area (Å²) in [6.07, 6.45) is -0.615. The topological polar surface area (TPSA) is 84.6 Å². The average molecular weight is 276 g/mol. The molecule has 0 aliphatic carbocycles. The van der Waals surface area contributed by atoms with Crippen molar-refractivity contribution in [3.63, 3.8) is 0 Å². The second-order valence-electron chi connectivity index (χ2n) is 5.25. The summed E-state index contributed by atoms with van der Waals surface area (Å²) < 4.78 is 10.1. The van der Waals surface area contributed by atoms with Crippen LogP contribution < -0.4 is 5.32 Å². The highest BCUT2D eigenvalue weighted by molar-refractivity contribution is 5.83. The molecule has 0 fully saturated rings. The maximum Gasteiger partial charge on any atom is 0.414 e.